The van der Waals surface area contributed by atoms with Crippen molar-refractivity contribution in [3.8, 4) is 0 Å². The van der Waals surface area contributed by atoms with Gasteiger partial charge in [-0.2, -0.15) is 0 Å². The van der Waals surface area contributed by atoms with Crippen LogP contribution < -0.4 is 10.6 Å². The van der Waals surface area contributed by atoms with E-state index in [9.17, 15) is 4.79 Å². The van der Waals surface area contributed by atoms with Crippen LogP contribution in [0.2, 0.25) is 0 Å². The Morgan fingerprint density at radius 2 is 2.21 bits per heavy atom. The van der Waals surface area contributed by atoms with Crippen LogP contribution in [0.5, 0.6) is 0 Å². The number of carbonyl (C=O) groups is 1. The van der Waals surface area contributed by atoms with Crippen molar-refractivity contribution in [2.45, 2.75) is 6.42 Å². The monoisotopic (exact) mass is 326 g/mol. The third kappa shape index (κ3) is 4.89. The molecule has 1 aromatic rings. The van der Waals surface area contributed by atoms with Gasteiger partial charge in [0, 0.05) is 43.4 Å². The largest absolute Gasteiger partial charge is 0.351 e. The molecule has 0 spiro atoms. The molecule has 1 aliphatic rings. The Morgan fingerprint density at radius 3 is 2.89 bits per heavy atom. The van der Waals surface area contributed by atoms with Crippen LogP contribution in [-0.4, -0.2) is 55.1 Å². The van der Waals surface area contributed by atoms with E-state index in [2.05, 4.69) is 36.4 Å². The molecule has 2 rings (SSSR count). The molecule has 0 aliphatic carbocycles. The van der Waals surface area contributed by atoms with Crippen LogP contribution in [0.15, 0.2) is 22.8 Å². The first-order valence-electron chi connectivity index (χ1n) is 6.58. The Morgan fingerprint density at radius 1 is 1.42 bits per heavy atom. The van der Waals surface area contributed by atoms with E-state index in [0.29, 0.717) is 12.2 Å². The smallest absolute Gasteiger partial charge is 0.269 e. The quantitative estimate of drug-likeness (QED) is 0.788. The van der Waals surface area contributed by atoms with Gasteiger partial charge < -0.3 is 15.5 Å². The Kier molecular flexibility index (Phi) is 5.75. The summed E-state index contributed by atoms with van der Waals surface area (Å²) < 4.78 is 0.878. The van der Waals surface area contributed by atoms with Gasteiger partial charge in [-0.3, -0.25) is 4.79 Å². The van der Waals surface area contributed by atoms with Gasteiger partial charge >= 0.3 is 0 Å². The Bertz CT molecular complexity index is 404. The number of amides is 1. The second-order valence-electron chi connectivity index (χ2n) is 4.56. The van der Waals surface area contributed by atoms with Crippen LogP contribution >= 0.6 is 15.9 Å². The van der Waals surface area contributed by atoms with Crippen molar-refractivity contribution < 1.29 is 4.79 Å². The van der Waals surface area contributed by atoms with Crippen LogP contribution in [0.1, 0.15) is 16.9 Å². The number of hydrogen-bond donors (Lipinski definition) is 2. The normalized spacial score (nSPS) is 16.3. The van der Waals surface area contributed by atoms with Crippen molar-refractivity contribution in [2.24, 2.45) is 0 Å². The summed E-state index contributed by atoms with van der Waals surface area (Å²) in [7, 11) is 0. The molecule has 0 unspecified atom stereocenters. The van der Waals surface area contributed by atoms with Crippen molar-refractivity contribution in [1.29, 1.82) is 0 Å². The number of aromatic nitrogens is 1. The molecule has 1 fully saturated rings. The summed E-state index contributed by atoms with van der Waals surface area (Å²) in [5.74, 6) is -0.104. The molecule has 2 heterocycles. The molecule has 104 valence electrons. The predicted octanol–water partition coefficient (Wildman–Crippen LogP) is 0.869. The molecule has 2 N–H and O–H groups in total. The van der Waals surface area contributed by atoms with E-state index in [1.54, 1.807) is 12.3 Å². The molecule has 0 atom stereocenters. The molecule has 0 saturated carbocycles. The third-order valence-corrected chi connectivity index (χ3v) is 3.58. The van der Waals surface area contributed by atoms with Gasteiger partial charge in [-0.05, 0) is 41.0 Å². The first kappa shape index (κ1) is 14.4. The van der Waals surface area contributed by atoms with Crippen LogP contribution in [0.25, 0.3) is 0 Å². The number of rotatable bonds is 5. The fourth-order valence-electron chi connectivity index (χ4n) is 2.04. The molecule has 0 bridgehead atoms. The number of nitrogens with zero attached hydrogens (tertiary/aromatic N) is 2. The zero-order valence-corrected chi connectivity index (χ0v) is 12.4. The maximum atomic E-state index is 11.8. The molecule has 1 aliphatic heterocycles. The SMILES string of the molecule is O=C(NCCCN1CCNCC1)c1ccc(Br)cn1. The van der Waals surface area contributed by atoms with Crippen molar-refractivity contribution in [1.82, 2.24) is 20.5 Å². The minimum absolute atomic E-state index is 0.104. The fourth-order valence-corrected chi connectivity index (χ4v) is 2.27. The van der Waals surface area contributed by atoms with E-state index < -0.39 is 0 Å². The van der Waals surface area contributed by atoms with Crippen LogP contribution in [0.4, 0.5) is 0 Å². The number of piperazine rings is 1. The topological polar surface area (TPSA) is 57.3 Å². The standard InChI is InChI=1S/C13H19BrN4O/c14-11-2-3-12(17-10-11)13(19)16-4-1-7-18-8-5-15-6-9-18/h2-3,10,15H,1,4-9H2,(H,16,19). The average molecular weight is 327 g/mol. The molecule has 19 heavy (non-hydrogen) atoms. The number of hydrogen-bond acceptors (Lipinski definition) is 4. The van der Waals surface area contributed by atoms with Crippen LogP contribution in [0.3, 0.4) is 0 Å². The van der Waals surface area contributed by atoms with E-state index in [4.69, 9.17) is 0 Å². The zero-order chi connectivity index (χ0) is 13.5. The van der Waals surface area contributed by atoms with Gasteiger partial charge in [0.05, 0.1) is 0 Å². The van der Waals surface area contributed by atoms with E-state index in [1.165, 1.54) is 0 Å². The second-order valence-corrected chi connectivity index (χ2v) is 5.48. The maximum Gasteiger partial charge on any atom is 0.269 e. The number of pyridine rings is 1. The second kappa shape index (κ2) is 7.57. The molecular weight excluding hydrogens is 308 g/mol. The van der Waals surface area contributed by atoms with Crippen molar-refractivity contribution in [3.05, 3.63) is 28.5 Å². The molecule has 1 amide bonds. The molecule has 1 saturated heterocycles. The van der Waals surface area contributed by atoms with Crippen molar-refractivity contribution in [3.63, 3.8) is 0 Å². The van der Waals surface area contributed by atoms with Gasteiger partial charge in [-0.15, -0.1) is 0 Å². The molecular formula is C13H19BrN4O. The summed E-state index contributed by atoms with van der Waals surface area (Å²) in [5, 5.41) is 6.22. The van der Waals surface area contributed by atoms with E-state index in [1.807, 2.05) is 6.07 Å². The maximum absolute atomic E-state index is 11.8. The first-order valence-corrected chi connectivity index (χ1v) is 7.38. The number of halogens is 1. The average Bonchev–Trinajstić information content (AvgIpc) is 2.45. The molecule has 6 heteroatoms. The number of nitrogens with one attached hydrogen (secondary N) is 2. The zero-order valence-electron chi connectivity index (χ0n) is 10.9. The molecule has 1 aromatic heterocycles. The highest BCUT2D eigenvalue weighted by Crippen LogP contribution is 2.07. The third-order valence-electron chi connectivity index (χ3n) is 3.11. The Labute approximate surface area is 121 Å². The van der Waals surface area contributed by atoms with Gasteiger partial charge in [0.25, 0.3) is 5.91 Å². The predicted molar refractivity (Wildman–Crippen MR) is 78.2 cm³/mol. The lowest BCUT2D eigenvalue weighted by atomic mass is 10.3. The molecule has 0 radical (unpaired) electrons. The molecule has 5 nitrogen and oxygen atoms in total. The summed E-state index contributed by atoms with van der Waals surface area (Å²) in [4.78, 5) is 18.3. The highest BCUT2D eigenvalue weighted by atomic mass is 79.9. The minimum atomic E-state index is -0.104. The Hall–Kier alpha value is -0.980. The van der Waals surface area contributed by atoms with Gasteiger partial charge in [-0.1, -0.05) is 0 Å². The van der Waals surface area contributed by atoms with Gasteiger partial charge in [-0.25, -0.2) is 4.98 Å². The highest BCUT2D eigenvalue weighted by molar-refractivity contribution is 9.10. The lowest BCUT2D eigenvalue weighted by Crippen LogP contribution is -2.44. The summed E-state index contributed by atoms with van der Waals surface area (Å²) in [6.07, 6.45) is 2.61. The lowest BCUT2D eigenvalue weighted by Gasteiger charge is -2.27. The highest BCUT2D eigenvalue weighted by Gasteiger charge is 2.09. The Balaban J connectivity index is 1.64. The van der Waals surface area contributed by atoms with Crippen molar-refractivity contribution in [2.75, 3.05) is 39.3 Å². The summed E-state index contributed by atoms with van der Waals surface area (Å²) in [6.45, 7) is 6.06. The fraction of sp³-hybridized carbons (Fsp3) is 0.538. The van der Waals surface area contributed by atoms with Crippen LogP contribution in [-0.2, 0) is 0 Å². The summed E-state index contributed by atoms with van der Waals surface area (Å²) in [5.41, 5.74) is 0.463. The lowest BCUT2D eigenvalue weighted by molar-refractivity contribution is 0.0946. The van der Waals surface area contributed by atoms with E-state index >= 15 is 0 Å². The first-order chi connectivity index (χ1) is 9.25. The van der Waals surface area contributed by atoms with Gasteiger partial charge in [0.1, 0.15) is 5.69 Å². The van der Waals surface area contributed by atoms with Crippen molar-refractivity contribution >= 4 is 21.8 Å². The number of carbonyl (C=O) groups excluding carboxylic acids is 1. The summed E-state index contributed by atoms with van der Waals surface area (Å²) in [6, 6.07) is 3.54. The van der Waals surface area contributed by atoms with E-state index in [-0.39, 0.29) is 5.91 Å². The summed E-state index contributed by atoms with van der Waals surface area (Å²) >= 11 is 3.30. The van der Waals surface area contributed by atoms with Gasteiger partial charge in [0.2, 0.25) is 0 Å². The van der Waals surface area contributed by atoms with Crippen LogP contribution in [0, 0.1) is 0 Å². The molecule has 0 aromatic carbocycles. The minimum Gasteiger partial charge on any atom is -0.351 e. The van der Waals surface area contributed by atoms with Gasteiger partial charge in [0.15, 0.2) is 0 Å². The van der Waals surface area contributed by atoms with E-state index in [0.717, 1.165) is 43.6 Å².